The topological polar surface area (TPSA) is 33.1 Å². The molecule has 0 amide bonds. The molecule has 1 aromatic heterocycles. The third-order valence-corrected chi connectivity index (χ3v) is 2.72. The van der Waals surface area contributed by atoms with E-state index in [1.54, 1.807) is 31.3 Å². The summed E-state index contributed by atoms with van der Waals surface area (Å²) in [5.41, 5.74) is 2.80. The van der Waals surface area contributed by atoms with E-state index in [1.807, 2.05) is 6.92 Å². The molecular weight excluding hydrogens is 217 g/mol. The van der Waals surface area contributed by atoms with Crippen molar-refractivity contribution in [1.82, 2.24) is 4.98 Å². The summed E-state index contributed by atoms with van der Waals surface area (Å²) in [6.07, 6.45) is 0.834. The lowest BCUT2D eigenvalue weighted by Gasteiger charge is -2.14. The van der Waals surface area contributed by atoms with Gasteiger partial charge in [-0.05, 0) is 43.2 Å². The summed E-state index contributed by atoms with van der Waals surface area (Å²) in [5.74, 6) is -0.333. The van der Waals surface area contributed by atoms with Crippen molar-refractivity contribution in [3.8, 4) is 0 Å². The molecule has 1 aromatic carbocycles. The first-order valence-corrected chi connectivity index (χ1v) is 5.44. The number of pyridine rings is 1. The number of aliphatic hydroxyl groups excluding tert-OH is 1. The third-order valence-electron chi connectivity index (χ3n) is 2.72. The first-order chi connectivity index (χ1) is 8.08. The van der Waals surface area contributed by atoms with Gasteiger partial charge in [-0.25, -0.2) is 4.39 Å². The summed E-state index contributed by atoms with van der Waals surface area (Å²) < 4.78 is 13.3. The number of aromatic nitrogens is 1. The fourth-order valence-electron chi connectivity index (χ4n) is 1.89. The average Bonchev–Trinajstić information content (AvgIpc) is 2.27. The largest absolute Gasteiger partial charge is 0.384 e. The second-order valence-corrected chi connectivity index (χ2v) is 4.14. The Bertz CT molecular complexity index is 519. The van der Waals surface area contributed by atoms with Gasteiger partial charge in [0.2, 0.25) is 0 Å². The Morgan fingerprint density at radius 2 is 2.00 bits per heavy atom. The number of aliphatic hydroxyl groups is 1. The molecule has 0 fully saturated rings. The highest BCUT2D eigenvalue weighted by Gasteiger charge is 2.14. The number of aryl methyl sites for hydroxylation is 2. The van der Waals surface area contributed by atoms with Crippen LogP contribution in [-0.2, 0) is 0 Å². The summed E-state index contributed by atoms with van der Waals surface area (Å²) in [7, 11) is 0. The molecule has 3 heteroatoms. The predicted octanol–water partition coefficient (Wildman–Crippen LogP) is 2.92. The lowest BCUT2D eigenvalue weighted by molar-refractivity contribution is 0.218. The van der Waals surface area contributed by atoms with Crippen molar-refractivity contribution in [3.05, 3.63) is 64.7 Å². The van der Waals surface area contributed by atoms with Gasteiger partial charge in [-0.1, -0.05) is 12.1 Å². The van der Waals surface area contributed by atoms with Crippen molar-refractivity contribution in [2.24, 2.45) is 0 Å². The second kappa shape index (κ2) is 4.63. The molecule has 0 saturated heterocycles. The Labute approximate surface area is 99.8 Å². The second-order valence-electron chi connectivity index (χ2n) is 4.14. The van der Waals surface area contributed by atoms with E-state index in [9.17, 15) is 9.50 Å². The summed E-state index contributed by atoms with van der Waals surface area (Å²) in [4.78, 5) is 4.12. The van der Waals surface area contributed by atoms with Gasteiger partial charge in [-0.3, -0.25) is 4.98 Å². The van der Waals surface area contributed by atoms with Gasteiger partial charge in [-0.15, -0.1) is 0 Å². The van der Waals surface area contributed by atoms with Crippen molar-refractivity contribution in [1.29, 1.82) is 0 Å². The molecule has 88 valence electrons. The molecule has 1 N–H and O–H groups in total. The zero-order chi connectivity index (χ0) is 12.4. The van der Waals surface area contributed by atoms with Crippen LogP contribution in [0.1, 0.15) is 28.5 Å². The van der Waals surface area contributed by atoms with Crippen LogP contribution in [0.25, 0.3) is 0 Å². The van der Waals surface area contributed by atoms with E-state index >= 15 is 0 Å². The molecule has 17 heavy (non-hydrogen) atoms. The molecule has 2 nitrogen and oxygen atoms in total. The number of hydrogen-bond donors (Lipinski definition) is 1. The monoisotopic (exact) mass is 231 g/mol. The summed E-state index contributed by atoms with van der Waals surface area (Å²) in [6, 6.07) is 8.13. The smallest absolute Gasteiger partial charge is 0.123 e. The Balaban J connectivity index is 2.43. The van der Waals surface area contributed by atoms with Crippen LogP contribution in [0.15, 0.2) is 36.5 Å². The maximum Gasteiger partial charge on any atom is 0.123 e. The van der Waals surface area contributed by atoms with E-state index in [1.165, 1.54) is 12.1 Å². The molecule has 1 atom stereocenters. The molecule has 1 heterocycles. The minimum atomic E-state index is -0.835. The van der Waals surface area contributed by atoms with E-state index in [2.05, 4.69) is 4.98 Å². The summed E-state index contributed by atoms with van der Waals surface area (Å²) >= 11 is 0. The van der Waals surface area contributed by atoms with Crippen molar-refractivity contribution in [3.63, 3.8) is 0 Å². The zero-order valence-corrected chi connectivity index (χ0v) is 9.81. The maximum absolute atomic E-state index is 13.3. The van der Waals surface area contributed by atoms with Gasteiger partial charge >= 0.3 is 0 Å². The number of halogens is 1. The van der Waals surface area contributed by atoms with Crippen LogP contribution in [-0.4, -0.2) is 10.1 Å². The normalized spacial score (nSPS) is 12.5. The van der Waals surface area contributed by atoms with E-state index in [0.29, 0.717) is 11.1 Å². The highest BCUT2D eigenvalue weighted by atomic mass is 19.1. The van der Waals surface area contributed by atoms with Crippen LogP contribution < -0.4 is 0 Å². The van der Waals surface area contributed by atoms with Crippen molar-refractivity contribution < 1.29 is 9.50 Å². The predicted molar refractivity (Wildman–Crippen MR) is 64.2 cm³/mol. The Morgan fingerprint density at radius 3 is 2.65 bits per heavy atom. The first-order valence-electron chi connectivity index (χ1n) is 5.44. The van der Waals surface area contributed by atoms with Gasteiger partial charge in [0.05, 0.1) is 0 Å². The SMILES string of the molecule is Cc1cc(F)cc(C(O)c2cccnc2C)c1. The maximum atomic E-state index is 13.3. The molecule has 0 spiro atoms. The van der Waals surface area contributed by atoms with Gasteiger partial charge in [0, 0.05) is 17.5 Å². The average molecular weight is 231 g/mol. The molecule has 2 aromatic rings. The lowest BCUT2D eigenvalue weighted by atomic mass is 9.99. The number of rotatable bonds is 2. The summed E-state index contributed by atoms with van der Waals surface area (Å²) in [6.45, 7) is 3.63. The van der Waals surface area contributed by atoms with Crippen LogP contribution in [0.4, 0.5) is 4.39 Å². The fourth-order valence-corrected chi connectivity index (χ4v) is 1.89. The van der Waals surface area contributed by atoms with Gasteiger partial charge in [0.1, 0.15) is 11.9 Å². The number of benzene rings is 1. The van der Waals surface area contributed by atoms with E-state index in [0.717, 1.165) is 11.3 Å². The van der Waals surface area contributed by atoms with Gasteiger partial charge in [0.15, 0.2) is 0 Å². The molecule has 0 aliphatic carbocycles. The third kappa shape index (κ3) is 2.50. The fraction of sp³-hybridized carbons (Fsp3) is 0.214. The summed E-state index contributed by atoms with van der Waals surface area (Å²) in [5, 5.41) is 10.2. The highest BCUT2D eigenvalue weighted by molar-refractivity contribution is 5.34. The van der Waals surface area contributed by atoms with Crippen molar-refractivity contribution >= 4 is 0 Å². The highest BCUT2D eigenvalue weighted by Crippen LogP contribution is 2.24. The minimum Gasteiger partial charge on any atom is -0.384 e. The molecule has 2 rings (SSSR count). The molecular formula is C14H14FNO. The van der Waals surface area contributed by atoms with Crippen LogP contribution in [0.2, 0.25) is 0 Å². The van der Waals surface area contributed by atoms with Crippen molar-refractivity contribution in [2.75, 3.05) is 0 Å². The standard InChI is InChI=1S/C14H14FNO/c1-9-6-11(8-12(15)7-9)14(17)13-4-3-5-16-10(13)2/h3-8,14,17H,1-2H3. The van der Waals surface area contributed by atoms with Crippen LogP contribution in [0.3, 0.4) is 0 Å². The Hall–Kier alpha value is -1.74. The van der Waals surface area contributed by atoms with Gasteiger partial charge in [0.25, 0.3) is 0 Å². The number of hydrogen-bond acceptors (Lipinski definition) is 2. The Kier molecular flexibility index (Phi) is 3.20. The molecule has 0 aliphatic heterocycles. The van der Waals surface area contributed by atoms with E-state index < -0.39 is 6.10 Å². The zero-order valence-electron chi connectivity index (χ0n) is 9.81. The van der Waals surface area contributed by atoms with Gasteiger partial charge < -0.3 is 5.11 Å². The number of nitrogens with zero attached hydrogens (tertiary/aromatic N) is 1. The first kappa shape index (κ1) is 11.7. The van der Waals surface area contributed by atoms with Gasteiger partial charge in [-0.2, -0.15) is 0 Å². The van der Waals surface area contributed by atoms with E-state index in [4.69, 9.17) is 0 Å². The van der Waals surface area contributed by atoms with Crippen LogP contribution in [0, 0.1) is 19.7 Å². The molecule has 0 radical (unpaired) electrons. The molecule has 0 bridgehead atoms. The Morgan fingerprint density at radius 1 is 1.24 bits per heavy atom. The van der Waals surface area contributed by atoms with Crippen LogP contribution >= 0.6 is 0 Å². The molecule has 0 saturated carbocycles. The van der Waals surface area contributed by atoms with Crippen molar-refractivity contribution in [2.45, 2.75) is 20.0 Å². The molecule has 0 aliphatic rings. The molecule has 1 unspecified atom stereocenters. The lowest BCUT2D eigenvalue weighted by Crippen LogP contribution is -2.04. The minimum absolute atomic E-state index is 0.333. The quantitative estimate of drug-likeness (QED) is 0.862. The van der Waals surface area contributed by atoms with Crippen LogP contribution in [0.5, 0.6) is 0 Å². The van der Waals surface area contributed by atoms with E-state index in [-0.39, 0.29) is 5.82 Å².